The minimum absolute atomic E-state index is 0.263. The third-order valence-electron chi connectivity index (χ3n) is 2.86. The second kappa shape index (κ2) is 4.23. The second-order valence-corrected chi connectivity index (χ2v) is 4.11. The van der Waals surface area contributed by atoms with Crippen LogP contribution in [0.25, 0.3) is 5.52 Å². The summed E-state index contributed by atoms with van der Waals surface area (Å²) in [6.45, 7) is 2.69. The van der Waals surface area contributed by atoms with Gasteiger partial charge in [-0.2, -0.15) is 5.10 Å². The molecule has 0 saturated carbocycles. The van der Waals surface area contributed by atoms with Crippen LogP contribution in [0.4, 0.5) is 0 Å². The molecule has 1 unspecified atom stereocenters. The van der Waals surface area contributed by atoms with E-state index in [1.165, 1.54) is 0 Å². The lowest BCUT2D eigenvalue weighted by Gasteiger charge is -2.22. The van der Waals surface area contributed by atoms with Crippen molar-refractivity contribution in [2.75, 3.05) is 19.7 Å². The zero-order chi connectivity index (χ0) is 10.8. The average Bonchev–Trinajstić information content (AvgIpc) is 2.72. The van der Waals surface area contributed by atoms with Crippen molar-refractivity contribution in [2.45, 2.75) is 12.5 Å². The lowest BCUT2D eigenvalue weighted by atomic mass is 10.2. The van der Waals surface area contributed by atoms with Crippen LogP contribution in [-0.4, -0.2) is 35.4 Å². The largest absolute Gasteiger partial charge is 0.375 e. The first-order valence-corrected chi connectivity index (χ1v) is 5.67. The molecule has 16 heavy (non-hydrogen) atoms. The Morgan fingerprint density at radius 1 is 1.50 bits per heavy atom. The van der Waals surface area contributed by atoms with Gasteiger partial charge in [0.2, 0.25) is 0 Å². The van der Waals surface area contributed by atoms with Gasteiger partial charge in [-0.1, -0.05) is 6.07 Å². The molecule has 1 aliphatic heterocycles. The Morgan fingerprint density at radius 3 is 3.31 bits per heavy atom. The van der Waals surface area contributed by atoms with Gasteiger partial charge in [0.25, 0.3) is 0 Å². The molecule has 0 spiro atoms. The monoisotopic (exact) mass is 217 g/mol. The highest BCUT2D eigenvalue weighted by atomic mass is 16.5. The van der Waals surface area contributed by atoms with Gasteiger partial charge in [-0.15, -0.1) is 0 Å². The fourth-order valence-corrected chi connectivity index (χ4v) is 2.07. The van der Waals surface area contributed by atoms with Crippen LogP contribution in [0.5, 0.6) is 0 Å². The van der Waals surface area contributed by atoms with Crippen molar-refractivity contribution in [3.8, 4) is 0 Å². The Kier molecular flexibility index (Phi) is 2.60. The maximum atomic E-state index is 5.67. The molecule has 0 amide bonds. The minimum atomic E-state index is 0.263. The van der Waals surface area contributed by atoms with E-state index < -0.39 is 0 Å². The maximum Gasteiger partial charge on any atom is 0.0756 e. The predicted molar refractivity (Wildman–Crippen MR) is 61.5 cm³/mol. The van der Waals surface area contributed by atoms with Crippen molar-refractivity contribution in [1.82, 2.24) is 14.9 Å². The molecule has 3 heterocycles. The first-order valence-electron chi connectivity index (χ1n) is 5.67. The van der Waals surface area contributed by atoms with Crippen LogP contribution >= 0.6 is 0 Å². The maximum absolute atomic E-state index is 5.67. The number of rotatable bonds is 2. The first-order chi connectivity index (χ1) is 7.92. The molecule has 4 nitrogen and oxygen atoms in total. The van der Waals surface area contributed by atoms with Gasteiger partial charge in [0.15, 0.2) is 0 Å². The van der Waals surface area contributed by atoms with Gasteiger partial charge >= 0.3 is 0 Å². The van der Waals surface area contributed by atoms with Crippen molar-refractivity contribution >= 4 is 5.52 Å². The summed E-state index contributed by atoms with van der Waals surface area (Å²) in [5, 5.41) is 7.84. The van der Waals surface area contributed by atoms with Crippen LogP contribution < -0.4 is 5.32 Å². The number of hydrogen-bond donors (Lipinski definition) is 1. The van der Waals surface area contributed by atoms with Gasteiger partial charge in [-0.25, -0.2) is 4.52 Å². The van der Waals surface area contributed by atoms with E-state index in [0.29, 0.717) is 0 Å². The molecule has 0 radical (unpaired) electrons. The van der Waals surface area contributed by atoms with E-state index in [2.05, 4.69) is 22.5 Å². The molecule has 0 aliphatic carbocycles. The molecule has 4 heteroatoms. The predicted octanol–water partition coefficient (Wildman–Crippen LogP) is 0.865. The summed E-state index contributed by atoms with van der Waals surface area (Å²) in [7, 11) is 0. The number of aromatic nitrogens is 2. The fraction of sp³-hybridized carbons (Fsp3) is 0.417. The molecule has 1 saturated heterocycles. The summed E-state index contributed by atoms with van der Waals surface area (Å²) in [6.07, 6.45) is 3.12. The van der Waals surface area contributed by atoms with E-state index in [4.69, 9.17) is 4.74 Å². The van der Waals surface area contributed by atoms with Gasteiger partial charge < -0.3 is 10.1 Å². The van der Waals surface area contributed by atoms with Crippen LogP contribution in [0.1, 0.15) is 5.69 Å². The number of nitrogens with zero attached hydrogens (tertiary/aromatic N) is 2. The number of pyridine rings is 1. The molecule has 1 N–H and O–H groups in total. The zero-order valence-electron chi connectivity index (χ0n) is 9.10. The smallest absolute Gasteiger partial charge is 0.0756 e. The van der Waals surface area contributed by atoms with E-state index >= 15 is 0 Å². The summed E-state index contributed by atoms with van der Waals surface area (Å²) in [4.78, 5) is 0. The standard InChI is InChI=1S/C12H15N3O/c1-2-5-15-11(3-1)7-10(14-15)8-12-9-13-4-6-16-12/h1-3,5,7,12-13H,4,6,8-9H2. The third-order valence-corrected chi connectivity index (χ3v) is 2.86. The number of ether oxygens (including phenoxy) is 1. The molecule has 1 atom stereocenters. The highest BCUT2D eigenvalue weighted by Gasteiger charge is 2.15. The first kappa shape index (κ1) is 9.81. The van der Waals surface area contributed by atoms with E-state index in [1.807, 2.05) is 22.8 Å². The van der Waals surface area contributed by atoms with Gasteiger partial charge in [0.1, 0.15) is 0 Å². The summed E-state index contributed by atoms with van der Waals surface area (Å²) in [5.41, 5.74) is 2.24. The third kappa shape index (κ3) is 1.94. The Morgan fingerprint density at radius 2 is 2.50 bits per heavy atom. The molecule has 0 aromatic carbocycles. The normalized spacial score (nSPS) is 21.4. The quantitative estimate of drug-likeness (QED) is 0.811. The molecule has 0 bridgehead atoms. The Labute approximate surface area is 94.2 Å². The number of morpholine rings is 1. The van der Waals surface area contributed by atoms with Crippen molar-refractivity contribution in [3.63, 3.8) is 0 Å². The summed E-state index contributed by atoms with van der Waals surface area (Å²) >= 11 is 0. The Bertz CT molecular complexity index is 441. The molecule has 3 rings (SSSR count). The topological polar surface area (TPSA) is 38.6 Å². The van der Waals surface area contributed by atoms with E-state index in [1.54, 1.807) is 0 Å². The minimum Gasteiger partial charge on any atom is -0.375 e. The van der Waals surface area contributed by atoms with Crippen molar-refractivity contribution in [3.05, 3.63) is 36.2 Å². The Balaban J connectivity index is 1.78. The zero-order valence-corrected chi connectivity index (χ0v) is 9.10. The summed E-state index contributed by atoms with van der Waals surface area (Å²) in [5.74, 6) is 0. The molecular weight excluding hydrogens is 202 g/mol. The lowest BCUT2D eigenvalue weighted by Crippen LogP contribution is -2.39. The van der Waals surface area contributed by atoms with Crippen molar-refractivity contribution < 1.29 is 4.74 Å². The fourth-order valence-electron chi connectivity index (χ4n) is 2.07. The molecule has 2 aromatic heterocycles. The number of hydrogen-bond acceptors (Lipinski definition) is 3. The SMILES string of the molecule is c1ccn2nc(CC3CNCCO3)cc2c1. The van der Waals surface area contributed by atoms with Crippen LogP contribution in [0, 0.1) is 0 Å². The highest BCUT2D eigenvalue weighted by molar-refractivity contribution is 5.47. The van der Waals surface area contributed by atoms with Gasteiger partial charge in [-0.3, -0.25) is 0 Å². The highest BCUT2D eigenvalue weighted by Crippen LogP contribution is 2.10. The van der Waals surface area contributed by atoms with Crippen LogP contribution in [-0.2, 0) is 11.2 Å². The molecule has 2 aromatic rings. The van der Waals surface area contributed by atoms with E-state index in [9.17, 15) is 0 Å². The lowest BCUT2D eigenvalue weighted by molar-refractivity contribution is 0.0286. The number of nitrogens with one attached hydrogen (secondary N) is 1. The Hall–Kier alpha value is -1.39. The molecule has 84 valence electrons. The summed E-state index contributed by atoms with van der Waals surface area (Å²) < 4.78 is 7.57. The molecule has 1 fully saturated rings. The van der Waals surface area contributed by atoms with Gasteiger partial charge in [0.05, 0.1) is 23.9 Å². The van der Waals surface area contributed by atoms with E-state index in [0.717, 1.165) is 37.3 Å². The number of fused-ring (bicyclic) bond motifs is 1. The van der Waals surface area contributed by atoms with Crippen molar-refractivity contribution in [2.24, 2.45) is 0 Å². The molecule has 1 aliphatic rings. The molecular formula is C12H15N3O. The van der Waals surface area contributed by atoms with Crippen molar-refractivity contribution in [1.29, 1.82) is 0 Å². The average molecular weight is 217 g/mol. The van der Waals surface area contributed by atoms with Gasteiger partial charge in [0, 0.05) is 25.7 Å². The van der Waals surface area contributed by atoms with Crippen LogP contribution in [0.15, 0.2) is 30.5 Å². The van der Waals surface area contributed by atoms with Crippen LogP contribution in [0.3, 0.4) is 0 Å². The summed E-state index contributed by atoms with van der Waals surface area (Å²) in [6, 6.07) is 8.20. The van der Waals surface area contributed by atoms with Gasteiger partial charge in [-0.05, 0) is 18.2 Å². The second-order valence-electron chi connectivity index (χ2n) is 4.11. The van der Waals surface area contributed by atoms with Crippen LogP contribution in [0.2, 0.25) is 0 Å². The van der Waals surface area contributed by atoms with E-state index in [-0.39, 0.29) is 6.10 Å².